The molecule has 0 amide bonds. The highest BCUT2D eigenvalue weighted by Gasteiger charge is 2.65. The number of rotatable bonds is 3. The summed E-state index contributed by atoms with van der Waals surface area (Å²) in [4.78, 5) is 36.0. The minimum absolute atomic E-state index is 0.00605. The van der Waals surface area contributed by atoms with Gasteiger partial charge in [-0.15, -0.1) is 0 Å². The minimum Gasteiger partial charge on any atom is -0.462 e. The quantitative estimate of drug-likeness (QED) is 0.541. The third-order valence-electron chi connectivity index (χ3n) is 9.14. The molecule has 0 aromatic rings. The molecule has 6 nitrogen and oxygen atoms in total. The van der Waals surface area contributed by atoms with E-state index in [4.69, 9.17) is 9.47 Å². The van der Waals surface area contributed by atoms with Crippen molar-refractivity contribution < 1.29 is 29.0 Å². The summed E-state index contributed by atoms with van der Waals surface area (Å²) in [6.45, 7) is 8.92. The summed E-state index contributed by atoms with van der Waals surface area (Å²) in [5, 5.41) is 11.4. The Morgan fingerprint density at radius 2 is 1.71 bits per heavy atom. The smallest absolute Gasteiger partial charge is 0.302 e. The van der Waals surface area contributed by atoms with E-state index in [2.05, 4.69) is 13.8 Å². The topological polar surface area (TPSA) is 89.9 Å². The molecule has 0 aromatic heterocycles. The Kier molecular flexibility index (Phi) is 5.60. The number of hydrogen-bond acceptors (Lipinski definition) is 6. The van der Waals surface area contributed by atoms with Crippen LogP contribution >= 0.6 is 0 Å². The largest absolute Gasteiger partial charge is 0.462 e. The van der Waals surface area contributed by atoms with Crippen molar-refractivity contribution in [2.24, 2.45) is 34.5 Å². The lowest BCUT2D eigenvalue weighted by Crippen LogP contribution is -2.61. The third kappa shape index (κ3) is 3.55. The van der Waals surface area contributed by atoms with Gasteiger partial charge in [-0.05, 0) is 61.7 Å². The van der Waals surface area contributed by atoms with Crippen LogP contribution in [0.25, 0.3) is 0 Å². The number of aliphatic hydroxyl groups excluding tert-OH is 1. The van der Waals surface area contributed by atoms with Crippen molar-refractivity contribution in [2.75, 3.05) is 0 Å². The second-order valence-corrected chi connectivity index (χ2v) is 10.9. The minimum atomic E-state index is -0.655. The summed E-state index contributed by atoms with van der Waals surface area (Å²) in [5.41, 5.74) is 0.613. The number of hydrogen-bond donors (Lipinski definition) is 1. The number of aliphatic hydroxyl groups is 1. The van der Waals surface area contributed by atoms with Gasteiger partial charge in [0.2, 0.25) is 0 Å². The number of esters is 2. The molecule has 1 N–H and O–H groups in total. The van der Waals surface area contributed by atoms with Gasteiger partial charge in [-0.25, -0.2) is 0 Å². The molecule has 0 aromatic carbocycles. The number of carbonyl (C=O) groups is 3. The first-order valence-electron chi connectivity index (χ1n) is 11.7. The van der Waals surface area contributed by atoms with Crippen molar-refractivity contribution in [3.8, 4) is 0 Å². The van der Waals surface area contributed by atoms with Crippen LogP contribution in [0.1, 0.15) is 73.1 Å². The van der Waals surface area contributed by atoms with Gasteiger partial charge >= 0.3 is 11.9 Å². The Bertz CT molecular complexity index is 817. The SMILES string of the molecule is CC(=O)O[C@H]1CC[C@@]2(C)C(=CC(O)[C@@H]3[C@@H]2[C@H](OC(C)=O)C[C@]2(C)[C@@H](C(C)=O)CC[C@@H]32)C1. The van der Waals surface area contributed by atoms with Gasteiger partial charge < -0.3 is 14.6 Å². The number of ketones is 1. The first-order chi connectivity index (χ1) is 14.5. The summed E-state index contributed by atoms with van der Waals surface area (Å²) in [7, 11) is 0. The summed E-state index contributed by atoms with van der Waals surface area (Å²) in [6.07, 6.45) is 5.42. The van der Waals surface area contributed by atoms with Gasteiger partial charge in [0.15, 0.2) is 0 Å². The molecule has 172 valence electrons. The maximum absolute atomic E-state index is 12.5. The van der Waals surface area contributed by atoms with Crippen LogP contribution in [0, 0.1) is 34.5 Å². The van der Waals surface area contributed by atoms with Crippen LogP contribution in [0.4, 0.5) is 0 Å². The summed E-state index contributed by atoms with van der Waals surface area (Å²) >= 11 is 0. The lowest BCUT2D eigenvalue weighted by Gasteiger charge is -2.61. The molecule has 0 bridgehead atoms. The van der Waals surface area contributed by atoms with E-state index in [0.29, 0.717) is 12.8 Å². The zero-order valence-corrected chi connectivity index (χ0v) is 19.3. The van der Waals surface area contributed by atoms with E-state index in [9.17, 15) is 19.5 Å². The molecule has 1 unspecified atom stereocenters. The molecule has 3 fully saturated rings. The molecule has 0 heterocycles. The normalized spacial score (nSPS) is 46.1. The van der Waals surface area contributed by atoms with Crippen LogP contribution in [0.15, 0.2) is 11.6 Å². The molecule has 4 rings (SSSR count). The van der Waals surface area contributed by atoms with Crippen LogP contribution in [-0.4, -0.2) is 41.1 Å². The van der Waals surface area contributed by atoms with Gasteiger partial charge in [-0.2, -0.15) is 0 Å². The Balaban J connectivity index is 1.75. The molecule has 0 radical (unpaired) electrons. The monoisotopic (exact) mass is 432 g/mol. The van der Waals surface area contributed by atoms with Crippen molar-refractivity contribution in [1.82, 2.24) is 0 Å². The molecule has 0 spiro atoms. The molecule has 9 atom stereocenters. The average molecular weight is 433 g/mol. The Labute approximate surface area is 184 Å². The highest BCUT2D eigenvalue weighted by atomic mass is 16.5. The molecule has 4 aliphatic rings. The number of Topliss-reactive ketones (excluding diaryl/α,β-unsaturated/α-hetero) is 1. The van der Waals surface area contributed by atoms with Crippen LogP contribution in [0.3, 0.4) is 0 Å². The summed E-state index contributed by atoms with van der Waals surface area (Å²) in [6, 6.07) is 0. The van der Waals surface area contributed by atoms with Crippen molar-refractivity contribution in [1.29, 1.82) is 0 Å². The highest BCUT2D eigenvalue weighted by Crippen LogP contribution is 2.66. The third-order valence-corrected chi connectivity index (χ3v) is 9.14. The molecule has 31 heavy (non-hydrogen) atoms. The Hall–Kier alpha value is -1.69. The fourth-order valence-electron chi connectivity index (χ4n) is 8.02. The van der Waals surface area contributed by atoms with Crippen LogP contribution in [0.5, 0.6) is 0 Å². The second kappa shape index (κ2) is 7.72. The van der Waals surface area contributed by atoms with Crippen molar-refractivity contribution in [3.63, 3.8) is 0 Å². The van der Waals surface area contributed by atoms with Crippen molar-refractivity contribution in [3.05, 3.63) is 11.6 Å². The molecule has 6 heteroatoms. The second-order valence-electron chi connectivity index (χ2n) is 10.9. The van der Waals surface area contributed by atoms with E-state index < -0.39 is 6.10 Å². The van der Waals surface area contributed by atoms with E-state index in [0.717, 1.165) is 31.3 Å². The molecular formula is C25H36O6. The van der Waals surface area contributed by atoms with Crippen LogP contribution < -0.4 is 0 Å². The lowest BCUT2D eigenvalue weighted by atomic mass is 9.45. The van der Waals surface area contributed by atoms with Crippen molar-refractivity contribution in [2.45, 2.75) is 91.5 Å². The number of fused-ring (bicyclic) bond motifs is 5. The van der Waals surface area contributed by atoms with E-state index in [1.807, 2.05) is 6.08 Å². The van der Waals surface area contributed by atoms with Crippen LogP contribution in [-0.2, 0) is 23.9 Å². The fourth-order valence-corrected chi connectivity index (χ4v) is 8.02. The number of ether oxygens (including phenoxy) is 2. The number of carbonyl (C=O) groups excluding carboxylic acids is 3. The van der Waals surface area contributed by atoms with Gasteiger partial charge in [0.25, 0.3) is 0 Å². The maximum Gasteiger partial charge on any atom is 0.302 e. The van der Waals surface area contributed by atoms with Gasteiger partial charge in [0.1, 0.15) is 18.0 Å². The average Bonchev–Trinajstić information content (AvgIpc) is 2.98. The molecule has 3 saturated carbocycles. The van der Waals surface area contributed by atoms with E-state index in [-0.39, 0.29) is 64.4 Å². The molecule has 0 aliphatic heterocycles. The highest BCUT2D eigenvalue weighted by molar-refractivity contribution is 5.79. The predicted octanol–water partition coefficient (Wildman–Crippen LogP) is 3.60. The molecule has 0 saturated heterocycles. The molecule has 4 aliphatic carbocycles. The summed E-state index contributed by atoms with van der Waals surface area (Å²) < 4.78 is 11.4. The van der Waals surface area contributed by atoms with E-state index in [1.54, 1.807) is 6.92 Å². The van der Waals surface area contributed by atoms with Gasteiger partial charge in [0, 0.05) is 32.1 Å². The maximum atomic E-state index is 12.5. The van der Waals surface area contributed by atoms with Gasteiger partial charge in [0.05, 0.1) is 6.10 Å². The first-order valence-corrected chi connectivity index (χ1v) is 11.7. The van der Waals surface area contributed by atoms with Gasteiger partial charge in [-0.1, -0.05) is 25.5 Å². The fraction of sp³-hybridized carbons (Fsp3) is 0.800. The summed E-state index contributed by atoms with van der Waals surface area (Å²) in [5.74, 6) is -0.294. The molecular weight excluding hydrogens is 396 g/mol. The van der Waals surface area contributed by atoms with Crippen molar-refractivity contribution >= 4 is 17.7 Å². The van der Waals surface area contributed by atoms with E-state index >= 15 is 0 Å². The zero-order chi connectivity index (χ0) is 22.7. The Morgan fingerprint density at radius 1 is 1.03 bits per heavy atom. The predicted molar refractivity (Wildman–Crippen MR) is 114 cm³/mol. The van der Waals surface area contributed by atoms with Crippen LogP contribution in [0.2, 0.25) is 0 Å². The van der Waals surface area contributed by atoms with E-state index in [1.165, 1.54) is 13.8 Å². The van der Waals surface area contributed by atoms with Gasteiger partial charge in [-0.3, -0.25) is 14.4 Å². The standard InChI is InChI=1S/C25H36O6/c1-13(26)18-6-7-19-22-20(29)11-16-10-17(30-14(2)27)8-9-24(16,4)23(22)21(31-15(3)28)12-25(18,19)5/h11,17-23,29H,6-10,12H2,1-5H3/t17-,18+,19-,20?,21+,22+,23-,24-,25+/m0/s1. The zero-order valence-electron chi connectivity index (χ0n) is 19.3. The first kappa shape index (κ1) is 22.5. The lowest BCUT2D eigenvalue weighted by molar-refractivity contribution is -0.185. The Morgan fingerprint density at radius 3 is 2.32 bits per heavy atom.